The summed E-state index contributed by atoms with van der Waals surface area (Å²) in [6.07, 6.45) is 2.06. The molecule has 0 aliphatic carbocycles. The van der Waals surface area contributed by atoms with E-state index >= 15 is 0 Å². The fraction of sp³-hybridized carbons (Fsp3) is 0.143. The third-order valence-electron chi connectivity index (χ3n) is 4.63. The number of nitrogens with zero attached hydrogens (tertiary/aromatic N) is 1. The molecule has 0 bridgehead atoms. The molecule has 1 aromatic heterocycles. The van der Waals surface area contributed by atoms with Gasteiger partial charge in [0.15, 0.2) is 0 Å². The molecule has 1 aliphatic heterocycles. The minimum atomic E-state index is -0.299. The SMILES string of the molecule is COC(=O)Cc1[nH]cc2c1-c1ccc(Cl)cc1C(c1ccccc1Cl)=NC2. The van der Waals surface area contributed by atoms with Gasteiger partial charge in [-0.2, -0.15) is 0 Å². The summed E-state index contributed by atoms with van der Waals surface area (Å²) >= 11 is 12.7. The Hall–Kier alpha value is -2.56. The molecular weight excluding hydrogens is 383 g/mol. The summed E-state index contributed by atoms with van der Waals surface area (Å²) in [6.45, 7) is 0.472. The van der Waals surface area contributed by atoms with Gasteiger partial charge in [-0.25, -0.2) is 0 Å². The highest BCUT2D eigenvalue weighted by Gasteiger charge is 2.24. The normalized spacial score (nSPS) is 12.6. The van der Waals surface area contributed by atoms with E-state index in [-0.39, 0.29) is 12.4 Å². The molecule has 2 heterocycles. The first-order valence-corrected chi connectivity index (χ1v) is 9.19. The van der Waals surface area contributed by atoms with Gasteiger partial charge in [-0.05, 0) is 29.3 Å². The van der Waals surface area contributed by atoms with E-state index in [1.807, 2.05) is 48.7 Å². The molecule has 2 aromatic carbocycles. The number of H-pyrrole nitrogens is 1. The Balaban J connectivity index is 1.93. The Bertz CT molecular complexity index is 1070. The number of hydrogen-bond acceptors (Lipinski definition) is 3. The number of benzene rings is 2. The van der Waals surface area contributed by atoms with Crippen LogP contribution in [-0.4, -0.2) is 23.8 Å². The highest BCUT2D eigenvalue weighted by Crippen LogP contribution is 2.37. The standard InChI is InChI=1S/C21H16Cl2N2O2/c1-27-19(26)9-18-20-12(10-24-18)11-25-21(15-4-2-3-5-17(15)23)16-8-13(22)6-7-14(16)20/h2-8,10,24H,9,11H2,1H3. The number of halogens is 2. The second kappa shape index (κ2) is 7.22. The second-order valence-electron chi connectivity index (χ2n) is 6.25. The molecule has 0 unspecified atom stereocenters. The van der Waals surface area contributed by atoms with Gasteiger partial charge in [-0.15, -0.1) is 0 Å². The van der Waals surface area contributed by atoms with Crippen molar-refractivity contribution in [3.05, 3.63) is 81.1 Å². The average molecular weight is 399 g/mol. The van der Waals surface area contributed by atoms with Gasteiger partial charge in [0.2, 0.25) is 0 Å². The summed E-state index contributed by atoms with van der Waals surface area (Å²) in [5.74, 6) is -0.299. The van der Waals surface area contributed by atoms with Crippen LogP contribution in [0.15, 0.2) is 53.7 Å². The van der Waals surface area contributed by atoms with Crippen LogP contribution in [0.5, 0.6) is 0 Å². The van der Waals surface area contributed by atoms with Crippen molar-refractivity contribution >= 4 is 34.9 Å². The van der Waals surface area contributed by atoms with Crippen molar-refractivity contribution in [1.82, 2.24) is 4.98 Å². The summed E-state index contributed by atoms with van der Waals surface area (Å²) in [7, 11) is 1.39. The zero-order chi connectivity index (χ0) is 19.0. The van der Waals surface area contributed by atoms with E-state index in [4.69, 9.17) is 32.9 Å². The largest absolute Gasteiger partial charge is 0.469 e. The van der Waals surface area contributed by atoms with Crippen molar-refractivity contribution in [2.45, 2.75) is 13.0 Å². The maximum Gasteiger partial charge on any atom is 0.311 e. The second-order valence-corrected chi connectivity index (χ2v) is 7.10. The molecule has 4 nitrogen and oxygen atoms in total. The first-order chi connectivity index (χ1) is 13.1. The van der Waals surface area contributed by atoms with Crippen LogP contribution >= 0.6 is 23.2 Å². The van der Waals surface area contributed by atoms with Crippen LogP contribution in [0.4, 0.5) is 0 Å². The van der Waals surface area contributed by atoms with Crippen LogP contribution < -0.4 is 0 Å². The van der Waals surface area contributed by atoms with Gasteiger partial charge in [0.1, 0.15) is 0 Å². The lowest BCUT2D eigenvalue weighted by Gasteiger charge is -2.13. The van der Waals surface area contributed by atoms with Gasteiger partial charge in [0.05, 0.1) is 25.8 Å². The lowest BCUT2D eigenvalue weighted by atomic mass is 9.92. The van der Waals surface area contributed by atoms with E-state index in [2.05, 4.69) is 4.98 Å². The zero-order valence-electron chi connectivity index (χ0n) is 14.6. The predicted molar refractivity (Wildman–Crippen MR) is 108 cm³/mol. The number of carbonyl (C=O) groups is 1. The number of aliphatic imine (C=N–C) groups is 1. The molecule has 1 aliphatic rings. The number of esters is 1. The van der Waals surface area contributed by atoms with Crippen molar-refractivity contribution in [2.75, 3.05) is 7.11 Å². The number of ether oxygens (including phenoxy) is 1. The van der Waals surface area contributed by atoms with Gasteiger partial charge in [0, 0.05) is 38.6 Å². The molecule has 136 valence electrons. The number of methoxy groups -OCH3 is 1. The maximum absolute atomic E-state index is 11.8. The van der Waals surface area contributed by atoms with Crippen LogP contribution in [0.3, 0.4) is 0 Å². The molecule has 4 rings (SSSR count). The quantitative estimate of drug-likeness (QED) is 0.627. The third kappa shape index (κ3) is 3.27. The molecule has 3 aromatic rings. The minimum Gasteiger partial charge on any atom is -0.469 e. The van der Waals surface area contributed by atoms with Crippen LogP contribution in [0.2, 0.25) is 10.0 Å². The van der Waals surface area contributed by atoms with Crippen LogP contribution in [0.1, 0.15) is 22.4 Å². The highest BCUT2D eigenvalue weighted by atomic mass is 35.5. The molecule has 6 heteroatoms. The van der Waals surface area contributed by atoms with Crippen LogP contribution in [0, 0.1) is 0 Å². The van der Waals surface area contributed by atoms with Crippen molar-refractivity contribution in [1.29, 1.82) is 0 Å². The first-order valence-electron chi connectivity index (χ1n) is 8.44. The predicted octanol–water partition coefficient (Wildman–Crippen LogP) is 5.06. The maximum atomic E-state index is 11.8. The number of aromatic amines is 1. The number of carbonyl (C=O) groups excluding carboxylic acids is 1. The van der Waals surface area contributed by atoms with Crippen molar-refractivity contribution < 1.29 is 9.53 Å². The summed E-state index contributed by atoms with van der Waals surface area (Å²) in [6, 6.07) is 13.3. The third-order valence-corrected chi connectivity index (χ3v) is 5.20. The molecule has 1 N–H and O–H groups in total. The highest BCUT2D eigenvalue weighted by molar-refractivity contribution is 6.36. The molecule has 0 saturated carbocycles. The smallest absolute Gasteiger partial charge is 0.311 e. The van der Waals surface area contributed by atoms with Crippen LogP contribution in [-0.2, 0) is 22.5 Å². The van der Waals surface area contributed by atoms with E-state index in [1.165, 1.54) is 7.11 Å². The summed E-state index contributed by atoms with van der Waals surface area (Å²) < 4.78 is 4.83. The summed E-state index contributed by atoms with van der Waals surface area (Å²) in [5, 5.41) is 1.24. The first kappa shape index (κ1) is 17.8. The topological polar surface area (TPSA) is 54.5 Å². The molecule has 0 saturated heterocycles. The van der Waals surface area contributed by atoms with E-state index in [0.29, 0.717) is 16.6 Å². The van der Waals surface area contributed by atoms with E-state index < -0.39 is 0 Å². The van der Waals surface area contributed by atoms with Gasteiger partial charge >= 0.3 is 5.97 Å². The lowest BCUT2D eigenvalue weighted by Crippen LogP contribution is -2.08. The van der Waals surface area contributed by atoms with Crippen molar-refractivity contribution in [2.24, 2.45) is 4.99 Å². The number of aromatic nitrogens is 1. The molecule has 27 heavy (non-hydrogen) atoms. The molecule has 0 amide bonds. The Morgan fingerprint density at radius 1 is 1.15 bits per heavy atom. The van der Waals surface area contributed by atoms with Crippen LogP contribution in [0.25, 0.3) is 11.1 Å². The summed E-state index contributed by atoms with van der Waals surface area (Å²) in [5.41, 5.74) is 6.28. The fourth-order valence-corrected chi connectivity index (χ4v) is 3.79. The molecule has 0 atom stereocenters. The molecule has 0 radical (unpaired) electrons. The number of nitrogens with one attached hydrogen (secondary N) is 1. The Morgan fingerprint density at radius 3 is 2.74 bits per heavy atom. The number of rotatable bonds is 3. The molecule has 0 fully saturated rings. The van der Waals surface area contributed by atoms with Crippen molar-refractivity contribution in [3.8, 4) is 11.1 Å². The fourth-order valence-electron chi connectivity index (χ4n) is 3.39. The number of hydrogen-bond donors (Lipinski definition) is 1. The Kier molecular flexibility index (Phi) is 4.77. The summed E-state index contributed by atoms with van der Waals surface area (Å²) in [4.78, 5) is 19.9. The number of fused-ring (bicyclic) bond motifs is 3. The van der Waals surface area contributed by atoms with E-state index in [0.717, 1.165) is 39.2 Å². The lowest BCUT2D eigenvalue weighted by molar-refractivity contribution is -0.139. The van der Waals surface area contributed by atoms with Gasteiger partial charge in [-0.3, -0.25) is 9.79 Å². The molecule has 0 spiro atoms. The van der Waals surface area contributed by atoms with E-state index in [1.54, 1.807) is 0 Å². The van der Waals surface area contributed by atoms with Gasteiger partial charge in [-0.1, -0.05) is 47.5 Å². The zero-order valence-corrected chi connectivity index (χ0v) is 16.1. The average Bonchev–Trinajstić information content (AvgIpc) is 2.98. The Morgan fingerprint density at radius 2 is 1.96 bits per heavy atom. The van der Waals surface area contributed by atoms with Gasteiger partial charge < -0.3 is 9.72 Å². The molecular formula is C21H16Cl2N2O2. The minimum absolute atomic E-state index is 0.162. The Labute approximate surface area is 166 Å². The van der Waals surface area contributed by atoms with E-state index in [9.17, 15) is 4.79 Å². The van der Waals surface area contributed by atoms with Gasteiger partial charge in [0.25, 0.3) is 0 Å². The monoisotopic (exact) mass is 398 g/mol. The van der Waals surface area contributed by atoms with Crippen molar-refractivity contribution in [3.63, 3.8) is 0 Å².